The van der Waals surface area contributed by atoms with E-state index in [2.05, 4.69) is 4.52 Å². The number of ether oxygens (including phenoxy) is 2. The molecule has 0 saturated carbocycles. The molecule has 1 aliphatic heterocycles. The van der Waals surface area contributed by atoms with Crippen LogP contribution in [0.4, 0.5) is 0 Å². The van der Waals surface area contributed by atoms with Crippen molar-refractivity contribution < 1.29 is 64.1 Å². The van der Waals surface area contributed by atoms with Gasteiger partial charge < -0.3 is 55.0 Å². The molecule has 1 aliphatic rings. The standard InChI is InChI=1S/C11H23O13P/c12-1-4(15)7(16)5(2-13)22-11-9(18)8(17)10(6(3-14)23-11)24-25(19,20)21/h4-18H,1-3H2,(H2,19,20,21)/t4-,5+,6-,7-,8-,9-,10-,11?/m1/s1. The zero-order chi connectivity index (χ0) is 19.4. The largest absolute Gasteiger partial charge is 0.470 e. The fraction of sp³-hybridized carbons (Fsp3) is 1.00. The van der Waals surface area contributed by atoms with Crippen molar-refractivity contribution in [3.63, 3.8) is 0 Å². The summed E-state index contributed by atoms with van der Waals surface area (Å²) in [6.07, 6.45) is -14.0. The minimum atomic E-state index is -5.08. The van der Waals surface area contributed by atoms with E-state index in [4.69, 9.17) is 24.4 Å². The average molecular weight is 394 g/mol. The molecule has 0 radical (unpaired) electrons. The van der Waals surface area contributed by atoms with Crippen LogP contribution >= 0.6 is 7.82 Å². The first kappa shape index (κ1) is 22.8. The Kier molecular flexibility index (Phi) is 8.77. The maximum absolute atomic E-state index is 10.9. The van der Waals surface area contributed by atoms with Gasteiger partial charge in [-0.2, -0.15) is 0 Å². The van der Waals surface area contributed by atoms with Gasteiger partial charge in [0.05, 0.1) is 19.8 Å². The lowest BCUT2D eigenvalue weighted by Gasteiger charge is -2.42. The number of aliphatic hydroxyl groups is 7. The maximum Gasteiger partial charge on any atom is 0.470 e. The van der Waals surface area contributed by atoms with E-state index < -0.39 is 76.7 Å². The summed E-state index contributed by atoms with van der Waals surface area (Å²) in [4.78, 5) is 17.6. The van der Waals surface area contributed by atoms with Gasteiger partial charge in [-0.3, -0.25) is 4.52 Å². The van der Waals surface area contributed by atoms with Crippen LogP contribution < -0.4 is 0 Å². The second-order valence-corrected chi connectivity index (χ2v) is 6.56. The number of phosphoric ester groups is 1. The molecule has 1 unspecified atom stereocenters. The average Bonchev–Trinajstić information content (AvgIpc) is 2.56. The first-order valence-electron chi connectivity index (χ1n) is 7.15. The van der Waals surface area contributed by atoms with Crippen LogP contribution in [0.1, 0.15) is 0 Å². The van der Waals surface area contributed by atoms with E-state index in [1.54, 1.807) is 0 Å². The molecule has 0 amide bonds. The summed E-state index contributed by atoms with van der Waals surface area (Å²) in [7, 11) is -5.08. The topological polar surface area (TPSA) is 227 Å². The first-order chi connectivity index (χ1) is 11.6. The molecule has 1 rings (SSSR count). The molecule has 150 valence electrons. The van der Waals surface area contributed by atoms with Crippen LogP contribution in [-0.4, -0.2) is 114 Å². The zero-order valence-electron chi connectivity index (χ0n) is 12.8. The number of aliphatic hydroxyl groups excluding tert-OH is 7. The lowest BCUT2D eigenvalue weighted by atomic mass is 9.99. The summed E-state index contributed by atoms with van der Waals surface area (Å²) in [5, 5.41) is 66.2. The monoisotopic (exact) mass is 394 g/mol. The minimum Gasteiger partial charge on any atom is -0.394 e. The summed E-state index contributed by atoms with van der Waals surface area (Å²) in [6, 6.07) is 0. The van der Waals surface area contributed by atoms with Crippen LogP contribution in [0.3, 0.4) is 0 Å². The third-order valence-electron chi connectivity index (χ3n) is 3.53. The van der Waals surface area contributed by atoms with E-state index in [0.29, 0.717) is 0 Å². The number of phosphoric acid groups is 1. The van der Waals surface area contributed by atoms with Gasteiger partial charge in [0.2, 0.25) is 0 Å². The van der Waals surface area contributed by atoms with E-state index in [-0.39, 0.29) is 0 Å². The molecule has 13 nitrogen and oxygen atoms in total. The van der Waals surface area contributed by atoms with Crippen LogP contribution in [0, 0.1) is 0 Å². The molecule has 0 aliphatic carbocycles. The number of rotatable bonds is 9. The summed E-state index contributed by atoms with van der Waals surface area (Å²) >= 11 is 0. The lowest BCUT2D eigenvalue weighted by molar-refractivity contribution is -0.319. The van der Waals surface area contributed by atoms with E-state index in [0.717, 1.165) is 0 Å². The van der Waals surface area contributed by atoms with Crippen LogP contribution in [0.25, 0.3) is 0 Å². The lowest BCUT2D eigenvalue weighted by Crippen LogP contribution is -2.61. The summed E-state index contributed by atoms with van der Waals surface area (Å²) in [5.74, 6) is 0. The summed E-state index contributed by atoms with van der Waals surface area (Å²) in [6.45, 7) is -2.60. The number of hydrogen-bond donors (Lipinski definition) is 9. The van der Waals surface area contributed by atoms with E-state index in [1.165, 1.54) is 0 Å². The van der Waals surface area contributed by atoms with Gasteiger partial charge in [-0.05, 0) is 0 Å². The Morgan fingerprint density at radius 2 is 1.64 bits per heavy atom. The van der Waals surface area contributed by atoms with Crippen molar-refractivity contribution in [2.75, 3.05) is 19.8 Å². The van der Waals surface area contributed by atoms with Crippen LogP contribution in [0.2, 0.25) is 0 Å². The first-order valence-corrected chi connectivity index (χ1v) is 8.68. The fourth-order valence-corrected chi connectivity index (χ4v) is 2.79. The molecule has 1 saturated heterocycles. The van der Waals surface area contributed by atoms with Gasteiger partial charge in [-0.15, -0.1) is 0 Å². The van der Waals surface area contributed by atoms with E-state index >= 15 is 0 Å². The molecule has 0 aromatic rings. The predicted octanol–water partition coefficient (Wildman–Crippen LogP) is -5.01. The van der Waals surface area contributed by atoms with E-state index in [1.807, 2.05) is 0 Å². The van der Waals surface area contributed by atoms with E-state index in [9.17, 15) is 35.2 Å². The summed E-state index contributed by atoms with van der Waals surface area (Å²) < 4.78 is 25.3. The van der Waals surface area contributed by atoms with Crippen molar-refractivity contribution in [3.8, 4) is 0 Å². The number of hydrogen-bond acceptors (Lipinski definition) is 11. The molecule has 8 atom stereocenters. The highest BCUT2D eigenvalue weighted by molar-refractivity contribution is 7.46. The molecular weight excluding hydrogens is 371 g/mol. The molecule has 25 heavy (non-hydrogen) atoms. The Labute approximate surface area is 141 Å². The third kappa shape index (κ3) is 6.15. The predicted molar refractivity (Wildman–Crippen MR) is 75.7 cm³/mol. The van der Waals surface area contributed by atoms with Gasteiger partial charge in [-0.1, -0.05) is 0 Å². The molecule has 14 heteroatoms. The van der Waals surface area contributed by atoms with Crippen LogP contribution in [-0.2, 0) is 18.6 Å². The molecule has 1 fully saturated rings. The van der Waals surface area contributed by atoms with Gasteiger partial charge in [-0.25, -0.2) is 4.57 Å². The molecule has 0 aromatic heterocycles. The Morgan fingerprint density at radius 1 is 1.04 bits per heavy atom. The van der Waals surface area contributed by atoms with Gasteiger partial charge >= 0.3 is 7.82 Å². The van der Waals surface area contributed by atoms with Crippen molar-refractivity contribution >= 4 is 7.82 Å². The fourth-order valence-electron chi connectivity index (χ4n) is 2.21. The highest BCUT2D eigenvalue weighted by atomic mass is 31.2. The van der Waals surface area contributed by atoms with Crippen molar-refractivity contribution in [2.24, 2.45) is 0 Å². The van der Waals surface area contributed by atoms with Crippen molar-refractivity contribution in [1.29, 1.82) is 0 Å². The Hall–Kier alpha value is -0.250. The third-order valence-corrected chi connectivity index (χ3v) is 4.05. The molecule has 0 bridgehead atoms. The zero-order valence-corrected chi connectivity index (χ0v) is 13.7. The van der Waals surface area contributed by atoms with Crippen molar-refractivity contribution in [2.45, 2.75) is 49.0 Å². The Morgan fingerprint density at radius 3 is 2.08 bits per heavy atom. The van der Waals surface area contributed by atoms with Gasteiger partial charge in [0.25, 0.3) is 0 Å². The molecule has 1 heterocycles. The quantitative estimate of drug-likeness (QED) is 0.167. The molecule has 0 aromatic carbocycles. The molecule has 9 N–H and O–H groups in total. The smallest absolute Gasteiger partial charge is 0.394 e. The van der Waals surface area contributed by atoms with Crippen molar-refractivity contribution in [1.82, 2.24) is 0 Å². The second-order valence-electron chi connectivity index (χ2n) is 5.36. The Balaban J connectivity index is 2.87. The molecular formula is C11H23O13P. The normalized spacial score (nSPS) is 34.5. The highest BCUT2D eigenvalue weighted by Crippen LogP contribution is 2.41. The maximum atomic E-state index is 10.9. The van der Waals surface area contributed by atoms with Gasteiger partial charge in [0, 0.05) is 0 Å². The highest BCUT2D eigenvalue weighted by Gasteiger charge is 2.49. The SMILES string of the molecule is O=P(O)(O)O[C@H]1[C@H](O)[C@@H](O)C(O[C@@H](CO)[C@H](O)[C@H](O)CO)O[C@@H]1CO. The minimum absolute atomic E-state index is 0.852. The molecule has 0 spiro atoms. The van der Waals surface area contributed by atoms with Crippen molar-refractivity contribution in [3.05, 3.63) is 0 Å². The van der Waals surface area contributed by atoms with Crippen LogP contribution in [0.15, 0.2) is 0 Å². The van der Waals surface area contributed by atoms with Gasteiger partial charge in [0.15, 0.2) is 6.29 Å². The van der Waals surface area contributed by atoms with Gasteiger partial charge in [0.1, 0.15) is 42.7 Å². The Bertz CT molecular complexity index is 442. The summed E-state index contributed by atoms with van der Waals surface area (Å²) in [5.41, 5.74) is 0. The van der Waals surface area contributed by atoms with Crippen LogP contribution in [0.5, 0.6) is 0 Å². The second kappa shape index (κ2) is 9.62.